The number of rotatable bonds is 8. The molecule has 1 aromatic carbocycles. The van der Waals surface area contributed by atoms with E-state index in [0.29, 0.717) is 49.8 Å². The number of nitrogens with one attached hydrogen (secondary N) is 2. The molecule has 10 nitrogen and oxygen atoms in total. The quantitative estimate of drug-likeness (QED) is 0.409. The lowest BCUT2D eigenvalue weighted by Gasteiger charge is -2.28. The first kappa shape index (κ1) is 31.1. The lowest BCUT2D eigenvalue weighted by Crippen LogP contribution is -2.49. The van der Waals surface area contributed by atoms with Crippen molar-refractivity contribution in [1.29, 1.82) is 0 Å². The monoisotopic (exact) mass is 612 g/mol. The van der Waals surface area contributed by atoms with Crippen LogP contribution in [0.5, 0.6) is 5.75 Å². The van der Waals surface area contributed by atoms with Crippen molar-refractivity contribution < 1.29 is 27.5 Å². The summed E-state index contributed by atoms with van der Waals surface area (Å²) in [6.45, 7) is 10.3. The van der Waals surface area contributed by atoms with Gasteiger partial charge in [-0.1, -0.05) is 37.5 Å². The van der Waals surface area contributed by atoms with Gasteiger partial charge in [-0.25, -0.2) is 14.5 Å². The second kappa shape index (κ2) is 11.6. The Labute approximate surface area is 255 Å². The summed E-state index contributed by atoms with van der Waals surface area (Å²) in [5.41, 5.74) is -0.282. The van der Waals surface area contributed by atoms with Gasteiger partial charge in [-0.05, 0) is 89.1 Å². The number of carbonyl (C=O) groups is 2. The maximum atomic E-state index is 13.4. The van der Waals surface area contributed by atoms with Crippen LogP contribution in [0.1, 0.15) is 96.1 Å². The number of ether oxygens (including phenoxy) is 2. The highest BCUT2D eigenvalue weighted by atomic mass is 32.2. The molecule has 3 fully saturated rings. The molecular formula is C32H44N4O6S. The molecule has 2 heterocycles. The molecule has 2 aromatic rings. The van der Waals surface area contributed by atoms with Crippen LogP contribution < -0.4 is 19.7 Å². The van der Waals surface area contributed by atoms with Gasteiger partial charge in [0.25, 0.3) is 15.9 Å². The number of hydrogen-bond acceptors (Lipinski definition) is 8. The van der Waals surface area contributed by atoms with Gasteiger partial charge in [0, 0.05) is 25.9 Å². The van der Waals surface area contributed by atoms with Gasteiger partial charge < -0.3 is 19.7 Å². The fourth-order valence-corrected chi connectivity index (χ4v) is 6.99. The Morgan fingerprint density at radius 1 is 1.05 bits per heavy atom. The van der Waals surface area contributed by atoms with E-state index in [-0.39, 0.29) is 5.03 Å². The zero-order valence-electron chi connectivity index (χ0n) is 25.9. The van der Waals surface area contributed by atoms with Gasteiger partial charge in [-0.15, -0.1) is 0 Å². The van der Waals surface area contributed by atoms with Crippen LogP contribution in [0, 0.1) is 6.92 Å². The standard InChI is InChI=1S/C32H44N4O6S/c1-22-14-15-24(23-10-7-6-8-11-23)25(20-22)41-32(16-17-32)28(37)35-43(39,40)27-13-9-12-26(33-27)36-19-18-31(5,21-36)34-29(38)42-30(2,3)4/h9,12-15,20,23H,6-8,10-11,16-19,21H2,1-5H3,(H,34,38)(H,35,37). The van der Waals surface area contributed by atoms with Gasteiger partial charge in [-0.2, -0.15) is 8.42 Å². The molecule has 1 aliphatic heterocycles. The third-order valence-electron chi connectivity index (χ3n) is 8.45. The molecule has 0 radical (unpaired) electrons. The van der Waals surface area contributed by atoms with Crippen molar-refractivity contribution in [2.24, 2.45) is 0 Å². The maximum Gasteiger partial charge on any atom is 0.408 e. The zero-order valence-corrected chi connectivity index (χ0v) is 26.7. The Hall–Kier alpha value is -3.34. The van der Waals surface area contributed by atoms with Gasteiger partial charge in [0.05, 0.1) is 5.54 Å². The van der Waals surface area contributed by atoms with E-state index in [0.717, 1.165) is 24.0 Å². The van der Waals surface area contributed by atoms with Crippen molar-refractivity contribution in [3.05, 3.63) is 47.5 Å². The third kappa shape index (κ3) is 7.42. The molecule has 11 heteroatoms. The summed E-state index contributed by atoms with van der Waals surface area (Å²) in [5.74, 6) is 0.824. The van der Waals surface area contributed by atoms with Crippen molar-refractivity contribution in [3.8, 4) is 5.75 Å². The average molecular weight is 613 g/mol. The van der Waals surface area contributed by atoms with E-state index < -0.39 is 38.8 Å². The van der Waals surface area contributed by atoms with Crippen molar-refractivity contribution in [2.45, 2.75) is 114 Å². The molecule has 3 aliphatic rings. The second-order valence-corrected chi connectivity index (χ2v) is 15.2. The minimum atomic E-state index is -4.26. The molecule has 2 saturated carbocycles. The van der Waals surface area contributed by atoms with Crippen LogP contribution in [0.15, 0.2) is 41.4 Å². The van der Waals surface area contributed by atoms with Gasteiger partial charge >= 0.3 is 6.09 Å². The van der Waals surface area contributed by atoms with E-state index in [1.54, 1.807) is 32.9 Å². The van der Waals surface area contributed by atoms with E-state index in [9.17, 15) is 18.0 Å². The van der Waals surface area contributed by atoms with Gasteiger partial charge in [0.2, 0.25) is 0 Å². The molecule has 2 amide bonds. The number of aromatic nitrogens is 1. The summed E-state index contributed by atoms with van der Waals surface area (Å²) in [4.78, 5) is 32.1. The maximum absolute atomic E-state index is 13.4. The highest BCUT2D eigenvalue weighted by molar-refractivity contribution is 7.90. The number of amides is 2. The minimum absolute atomic E-state index is 0.249. The number of hydrogen-bond donors (Lipinski definition) is 2. The number of pyridine rings is 1. The van der Waals surface area contributed by atoms with Crippen molar-refractivity contribution in [1.82, 2.24) is 15.0 Å². The van der Waals surface area contributed by atoms with Crippen LogP contribution in [0.25, 0.3) is 0 Å². The molecule has 1 saturated heterocycles. The highest BCUT2D eigenvalue weighted by Crippen LogP contribution is 2.45. The van der Waals surface area contributed by atoms with Crippen molar-refractivity contribution >= 4 is 27.8 Å². The molecular weight excluding hydrogens is 568 g/mol. The minimum Gasteiger partial charge on any atom is -0.477 e. The molecule has 43 heavy (non-hydrogen) atoms. The largest absolute Gasteiger partial charge is 0.477 e. The lowest BCUT2D eigenvalue weighted by molar-refractivity contribution is -0.128. The fourth-order valence-electron chi connectivity index (χ4n) is 5.99. The van der Waals surface area contributed by atoms with E-state index in [2.05, 4.69) is 27.2 Å². The Bertz CT molecular complexity index is 1480. The zero-order chi connectivity index (χ0) is 31.0. The van der Waals surface area contributed by atoms with Crippen LogP contribution >= 0.6 is 0 Å². The Morgan fingerprint density at radius 2 is 1.77 bits per heavy atom. The number of aryl methyl sites for hydroxylation is 1. The molecule has 2 aliphatic carbocycles. The smallest absolute Gasteiger partial charge is 0.408 e. The van der Waals surface area contributed by atoms with Crippen LogP contribution in [0.4, 0.5) is 10.6 Å². The topological polar surface area (TPSA) is 127 Å². The van der Waals surface area contributed by atoms with Gasteiger partial charge in [0.15, 0.2) is 10.6 Å². The van der Waals surface area contributed by atoms with E-state index in [1.807, 2.05) is 24.8 Å². The summed E-state index contributed by atoms with van der Waals surface area (Å²) in [5, 5.41) is 2.69. The van der Waals surface area contributed by atoms with E-state index >= 15 is 0 Å². The molecule has 2 N–H and O–H groups in total. The highest BCUT2D eigenvalue weighted by Gasteiger charge is 2.54. The van der Waals surface area contributed by atoms with Crippen molar-refractivity contribution in [3.63, 3.8) is 0 Å². The van der Waals surface area contributed by atoms with Crippen LogP contribution in [0.2, 0.25) is 0 Å². The summed E-state index contributed by atoms with van der Waals surface area (Å²) in [6, 6.07) is 10.8. The van der Waals surface area contributed by atoms with E-state index in [1.165, 1.54) is 25.3 Å². The summed E-state index contributed by atoms with van der Waals surface area (Å²) >= 11 is 0. The molecule has 0 bridgehead atoms. The molecule has 1 atom stereocenters. The summed E-state index contributed by atoms with van der Waals surface area (Å²) in [6.07, 6.45) is 6.76. The molecule has 1 unspecified atom stereocenters. The third-order valence-corrected chi connectivity index (χ3v) is 9.68. The molecule has 0 spiro atoms. The Kier molecular flexibility index (Phi) is 8.41. The van der Waals surface area contributed by atoms with Crippen molar-refractivity contribution in [2.75, 3.05) is 18.0 Å². The SMILES string of the molecule is Cc1ccc(C2CCCCC2)c(OC2(C(=O)NS(=O)(=O)c3cccc(N4CCC(C)(NC(=O)OC(C)(C)C)C4)n3)CC2)c1. The Balaban J connectivity index is 1.26. The number of anilines is 1. The first-order chi connectivity index (χ1) is 20.2. The van der Waals surface area contributed by atoms with Gasteiger partial charge in [-0.3, -0.25) is 4.79 Å². The average Bonchev–Trinajstić information content (AvgIpc) is 3.61. The number of carbonyl (C=O) groups excluding carboxylic acids is 2. The van der Waals surface area contributed by atoms with Crippen LogP contribution in [-0.2, 0) is 19.6 Å². The first-order valence-corrected chi connectivity index (χ1v) is 16.8. The first-order valence-electron chi connectivity index (χ1n) is 15.3. The van der Waals surface area contributed by atoms with Crippen LogP contribution in [-0.4, -0.2) is 55.2 Å². The Morgan fingerprint density at radius 3 is 2.44 bits per heavy atom. The number of nitrogens with zero attached hydrogens (tertiary/aromatic N) is 2. The predicted octanol–water partition coefficient (Wildman–Crippen LogP) is 5.35. The summed E-state index contributed by atoms with van der Waals surface area (Å²) in [7, 11) is -4.26. The fraction of sp³-hybridized carbons (Fsp3) is 0.594. The number of sulfonamides is 1. The second-order valence-electron chi connectivity index (χ2n) is 13.6. The normalized spacial score (nSPS) is 22.1. The molecule has 234 valence electrons. The predicted molar refractivity (Wildman–Crippen MR) is 164 cm³/mol. The van der Waals surface area contributed by atoms with Gasteiger partial charge in [0.1, 0.15) is 17.2 Å². The van der Waals surface area contributed by atoms with Crippen LogP contribution in [0.3, 0.4) is 0 Å². The lowest BCUT2D eigenvalue weighted by atomic mass is 9.83. The number of alkyl carbamates (subject to hydrolysis) is 1. The van der Waals surface area contributed by atoms with E-state index in [4.69, 9.17) is 9.47 Å². The molecule has 5 rings (SSSR count). The summed E-state index contributed by atoms with van der Waals surface area (Å²) < 4.78 is 40.7. The molecule has 1 aromatic heterocycles. The number of benzene rings is 1.